The summed E-state index contributed by atoms with van der Waals surface area (Å²) in [7, 11) is 0. The maximum Gasteiger partial charge on any atom is 0.318 e. The van der Waals surface area contributed by atoms with Gasteiger partial charge in [-0.3, -0.25) is 5.10 Å². The molecule has 2 N–H and O–H groups in total. The number of amides is 2. The van der Waals surface area contributed by atoms with Crippen LogP contribution in [-0.4, -0.2) is 46.9 Å². The molecule has 2 aliphatic rings. The van der Waals surface area contributed by atoms with Gasteiger partial charge in [0.2, 0.25) is 0 Å². The van der Waals surface area contributed by atoms with Gasteiger partial charge >= 0.3 is 6.03 Å². The van der Waals surface area contributed by atoms with Crippen molar-refractivity contribution >= 4 is 6.03 Å². The van der Waals surface area contributed by atoms with Crippen molar-refractivity contribution < 1.29 is 9.53 Å². The van der Waals surface area contributed by atoms with Crippen molar-refractivity contribution in [1.29, 1.82) is 0 Å². The van der Waals surface area contributed by atoms with Crippen molar-refractivity contribution in [2.75, 3.05) is 19.8 Å². The summed E-state index contributed by atoms with van der Waals surface area (Å²) < 4.78 is 5.36. The third kappa shape index (κ3) is 3.11. The zero-order valence-electron chi connectivity index (χ0n) is 13.5. The van der Waals surface area contributed by atoms with Crippen LogP contribution in [0.25, 0.3) is 0 Å². The molecule has 6 heteroatoms. The number of aromatic nitrogens is 2. The Bertz CT molecular complexity index is 503. The van der Waals surface area contributed by atoms with E-state index in [0.29, 0.717) is 6.61 Å². The average molecular weight is 306 g/mol. The van der Waals surface area contributed by atoms with Gasteiger partial charge in [-0.05, 0) is 33.1 Å². The molecular formula is C16H26N4O2. The third-order valence-electron chi connectivity index (χ3n) is 4.79. The Balaban J connectivity index is 1.79. The Labute approximate surface area is 131 Å². The third-order valence-corrected chi connectivity index (χ3v) is 4.79. The Hall–Kier alpha value is -1.56. The minimum absolute atomic E-state index is 0.0439. The van der Waals surface area contributed by atoms with Gasteiger partial charge in [-0.25, -0.2) is 4.79 Å². The summed E-state index contributed by atoms with van der Waals surface area (Å²) in [5, 5.41) is 10.5. The van der Waals surface area contributed by atoms with Crippen LogP contribution in [0.15, 0.2) is 0 Å². The summed E-state index contributed by atoms with van der Waals surface area (Å²) in [5.74, 6) is 0. The molecule has 3 rings (SSSR count). The molecule has 0 spiro atoms. The van der Waals surface area contributed by atoms with Crippen LogP contribution in [0.1, 0.15) is 55.1 Å². The monoisotopic (exact) mass is 306 g/mol. The predicted molar refractivity (Wildman–Crippen MR) is 83.7 cm³/mol. The van der Waals surface area contributed by atoms with E-state index in [9.17, 15) is 4.79 Å². The summed E-state index contributed by atoms with van der Waals surface area (Å²) in [6.45, 7) is 6.25. The predicted octanol–water partition coefficient (Wildman–Crippen LogP) is 2.44. The summed E-state index contributed by atoms with van der Waals surface area (Å²) >= 11 is 0. The quantitative estimate of drug-likeness (QED) is 0.881. The number of urea groups is 1. The van der Waals surface area contributed by atoms with Gasteiger partial charge in [0.25, 0.3) is 0 Å². The minimum Gasteiger partial charge on any atom is -0.379 e. The number of rotatable bonds is 2. The van der Waals surface area contributed by atoms with E-state index in [0.717, 1.165) is 50.2 Å². The first-order chi connectivity index (χ1) is 10.7. The number of ether oxygens (including phenoxy) is 1. The molecule has 3 heterocycles. The van der Waals surface area contributed by atoms with E-state index in [1.807, 2.05) is 18.7 Å². The molecule has 122 valence electrons. The molecule has 2 fully saturated rings. The number of carbonyl (C=O) groups excluding carboxylic acids is 1. The second kappa shape index (κ2) is 6.69. The Morgan fingerprint density at radius 3 is 2.86 bits per heavy atom. The number of nitrogens with one attached hydrogen (secondary N) is 2. The first kappa shape index (κ1) is 15.3. The molecule has 1 aromatic heterocycles. The fourth-order valence-electron chi connectivity index (χ4n) is 3.61. The van der Waals surface area contributed by atoms with Crippen LogP contribution in [0.5, 0.6) is 0 Å². The van der Waals surface area contributed by atoms with Gasteiger partial charge < -0.3 is 15.0 Å². The maximum atomic E-state index is 12.8. The highest BCUT2D eigenvalue weighted by Crippen LogP contribution is 2.33. The molecule has 0 radical (unpaired) electrons. The molecule has 0 unspecified atom stereocenters. The lowest BCUT2D eigenvalue weighted by molar-refractivity contribution is 0.164. The lowest BCUT2D eigenvalue weighted by atomic mass is 9.99. The number of likely N-dealkylation sites (tertiary alicyclic amines) is 1. The SMILES string of the molecule is Cc1n[nH]c(C)c1[C@H]1CCCCCN1C(=O)N[C@@H]1CCOC1. The van der Waals surface area contributed by atoms with Crippen molar-refractivity contribution in [3.63, 3.8) is 0 Å². The van der Waals surface area contributed by atoms with Crippen molar-refractivity contribution in [3.8, 4) is 0 Å². The van der Waals surface area contributed by atoms with Crippen LogP contribution in [0.2, 0.25) is 0 Å². The van der Waals surface area contributed by atoms with E-state index in [2.05, 4.69) is 15.5 Å². The summed E-state index contributed by atoms with van der Waals surface area (Å²) in [6, 6.07) is 0.328. The van der Waals surface area contributed by atoms with Gasteiger partial charge in [-0.15, -0.1) is 0 Å². The van der Waals surface area contributed by atoms with Crippen LogP contribution in [0.4, 0.5) is 4.79 Å². The zero-order chi connectivity index (χ0) is 15.5. The van der Waals surface area contributed by atoms with E-state index in [4.69, 9.17) is 4.74 Å². The minimum atomic E-state index is 0.0439. The van der Waals surface area contributed by atoms with Crippen LogP contribution in [-0.2, 0) is 4.74 Å². The lowest BCUT2D eigenvalue weighted by Gasteiger charge is -2.31. The van der Waals surface area contributed by atoms with Gasteiger partial charge in [0.1, 0.15) is 0 Å². The highest BCUT2D eigenvalue weighted by atomic mass is 16.5. The molecule has 2 amide bonds. The number of hydrogen-bond acceptors (Lipinski definition) is 3. The fraction of sp³-hybridized carbons (Fsp3) is 0.750. The smallest absolute Gasteiger partial charge is 0.318 e. The van der Waals surface area contributed by atoms with Crippen LogP contribution < -0.4 is 5.32 Å². The van der Waals surface area contributed by atoms with Crippen molar-refractivity contribution in [2.45, 2.75) is 58.0 Å². The Morgan fingerprint density at radius 2 is 2.18 bits per heavy atom. The molecule has 2 aliphatic heterocycles. The molecular weight excluding hydrogens is 280 g/mol. The number of aromatic amines is 1. The van der Waals surface area contributed by atoms with Crippen molar-refractivity contribution in [1.82, 2.24) is 20.4 Å². The van der Waals surface area contributed by atoms with Gasteiger partial charge in [0.05, 0.1) is 24.4 Å². The van der Waals surface area contributed by atoms with E-state index in [1.165, 1.54) is 12.0 Å². The van der Waals surface area contributed by atoms with Gasteiger partial charge in [0.15, 0.2) is 0 Å². The van der Waals surface area contributed by atoms with E-state index < -0.39 is 0 Å². The largest absolute Gasteiger partial charge is 0.379 e. The molecule has 2 atom stereocenters. The Morgan fingerprint density at radius 1 is 1.32 bits per heavy atom. The standard InChI is InChI=1S/C16H26N4O2/c1-11-15(12(2)19-18-11)14-6-4-3-5-8-20(14)16(21)17-13-7-9-22-10-13/h13-14H,3-10H2,1-2H3,(H,17,21)(H,18,19)/t13-,14-/m1/s1. The second-order valence-electron chi connectivity index (χ2n) is 6.42. The summed E-state index contributed by atoms with van der Waals surface area (Å²) in [6.07, 6.45) is 5.33. The topological polar surface area (TPSA) is 70.2 Å². The normalized spacial score (nSPS) is 26.0. The zero-order valence-corrected chi connectivity index (χ0v) is 13.5. The van der Waals surface area contributed by atoms with Gasteiger partial charge in [0, 0.05) is 24.4 Å². The van der Waals surface area contributed by atoms with Crippen molar-refractivity contribution in [2.24, 2.45) is 0 Å². The summed E-state index contributed by atoms with van der Waals surface area (Å²) in [5.41, 5.74) is 3.28. The molecule has 0 aromatic carbocycles. The highest BCUT2D eigenvalue weighted by Gasteiger charge is 2.31. The van der Waals surface area contributed by atoms with Gasteiger partial charge in [-0.2, -0.15) is 5.10 Å². The first-order valence-corrected chi connectivity index (χ1v) is 8.33. The van der Waals surface area contributed by atoms with Crippen LogP contribution in [0.3, 0.4) is 0 Å². The molecule has 1 aromatic rings. The summed E-state index contributed by atoms with van der Waals surface area (Å²) in [4.78, 5) is 14.8. The van der Waals surface area contributed by atoms with E-state index in [1.54, 1.807) is 0 Å². The number of aryl methyl sites for hydroxylation is 2. The maximum absolute atomic E-state index is 12.8. The average Bonchev–Trinajstić information content (AvgIpc) is 3.03. The fourth-order valence-corrected chi connectivity index (χ4v) is 3.61. The molecule has 0 saturated carbocycles. The number of nitrogens with zero attached hydrogens (tertiary/aromatic N) is 2. The van der Waals surface area contributed by atoms with Crippen LogP contribution >= 0.6 is 0 Å². The molecule has 0 aliphatic carbocycles. The molecule has 0 bridgehead atoms. The molecule has 6 nitrogen and oxygen atoms in total. The van der Waals surface area contributed by atoms with Crippen LogP contribution in [0, 0.1) is 13.8 Å². The lowest BCUT2D eigenvalue weighted by Crippen LogP contribution is -2.46. The highest BCUT2D eigenvalue weighted by molar-refractivity contribution is 5.75. The van der Waals surface area contributed by atoms with E-state index >= 15 is 0 Å². The van der Waals surface area contributed by atoms with E-state index in [-0.39, 0.29) is 18.1 Å². The van der Waals surface area contributed by atoms with Crippen molar-refractivity contribution in [3.05, 3.63) is 17.0 Å². The number of hydrogen-bond donors (Lipinski definition) is 2. The van der Waals surface area contributed by atoms with Gasteiger partial charge in [-0.1, -0.05) is 12.8 Å². The Kier molecular flexibility index (Phi) is 4.66. The second-order valence-corrected chi connectivity index (χ2v) is 6.42. The molecule has 22 heavy (non-hydrogen) atoms. The first-order valence-electron chi connectivity index (χ1n) is 8.33. The number of carbonyl (C=O) groups is 1. The number of H-pyrrole nitrogens is 1. The molecule has 2 saturated heterocycles.